The lowest BCUT2D eigenvalue weighted by atomic mass is 9.94. The molecule has 0 aliphatic carbocycles. The quantitative estimate of drug-likeness (QED) is 0.228. The highest BCUT2D eigenvalue weighted by Gasteiger charge is 2.30. The molecule has 0 N–H and O–H groups in total. The number of rotatable bonds is 11. The van der Waals surface area contributed by atoms with Crippen molar-refractivity contribution in [3.05, 3.63) is 33.4 Å². The molecule has 0 rings (SSSR count). The number of nitro groups is 1. The van der Waals surface area contributed by atoms with Crippen LogP contribution in [-0.4, -0.2) is 23.0 Å². The van der Waals surface area contributed by atoms with Gasteiger partial charge in [-0.3, -0.25) is 14.9 Å². The molecule has 0 saturated carbocycles. The number of nitrogens with zero attached hydrogens (tertiary/aromatic N) is 1. The minimum absolute atomic E-state index is 0.263. The summed E-state index contributed by atoms with van der Waals surface area (Å²) < 4.78 is 5.14. The van der Waals surface area contributed by atoms with Crippen LogP contribution in [0.3, 0.4) is 0 Å². The Morgan fingerprint density at radius 3 is 2.25 bits per heavy atom. The van der Waals surface area contributed by atoms with Crippen molar-refractivity contribution in [2.45, 2.75) is 85.8 Å². The van der Waals surface area contributed by atoms with Crippen LogP contribution >= 0.6 is 0 Å². The highest BCUT2D eigenvalue weighted by atomic mass is 16.6. The summed E-state index contributed by atoms with van der Waals surface area (Å²) in [6.07, 6.45) is 8.35. The van der Waals surface area contributed by atoms with Crippen molar-refractivity contribution in [1.82, 2.24) is 0 Å². The molecule has 3 unspecified atom stereocenters. The largest absolute Gasteiger partial charge is 0.455 e. The van der Waals surface area contributed by atoms with Gasteiger partial charge in [-0.1, -0.05) is 30.2 Å². The first kappa shape index (κ1) is 22.4. The molecular formula is C19H33NO4. The van der Waals surface area contributed by atoms with Crippen LogP contribution < -0.4 is 0 Å². The van der Waals surface area contributed by atoms with E-state index in [1.54, 1.807) is 0 Å². The van der Waals surface area contributed by atoms with E-state index in [0.717, 1.165) is 25.7 Å². The van der Waals surface area contributed by atoms with Crippen LogP contribution in [0, 0.1) is 16.0 Å². The van der Waals surface area contributed by atoms with E-state index in [4.69, 9.17) is 4.74 Å². The van der Waals surface area contributed by atoms with Gasteiger partial charge < -0.3 is 4.74 Å². The SMILES string of the molecule is CC(=O)OC(CC(C)CC/C=C(\C)CCC=C(C)C)C(C)[N+](=O)[O-]. The number of carbonyl (C=O) groups excluding carboxylic acids is 1. The van der Waals surface area contributed by atoms with Crippen LogP contribution in [0.15, 0.2) is 23.3 Å². The molecule has 0 aromatic heterocycles. The molecule has 0 aromatic rings. The van der Waals surface area contributed by atoms with Crippen molar-refractivity contribution >= 4 is 5.97 Å². The van der Waals surface area contributed by atoms with Gasteiger partial charge in [0.05, 0.1) is 0 Å². The van der Waals surface area contributed by atoms with Crippen molar-refractivity contribution in [2.75, 3.05) is 0 Å². The van der Waals surface area contributed by atoms with Gasteiger partial charge in [-0.15, -0.1) is 0 Å². The average Bonchev–Trinajstić information content (AvgIpc) is 2.44. The van der Waals surface area contributed by atoms with E-state index in [-0.39, 0.29) is 10.8 Å². The molecule has 0 aliphatic rings. The molecule has 0 spiro atoms. The van der Waals surface area contributed by atoms with Crippen molar-refractivity contribution in [1.29, 1.82) is 0 Å². The molecule has 5 nitrogen and oxygen atoms in total. The first-order valence-electron chi connectivity index (χ1n) is 8.73. The number of hydrogen-bond acceptors (Lipinski definition) is 4. The molecule has 24 heavy (non-hydrogen) atoms. The number of hydrogen-bond donors (Lipinski definition) is 0. The molecule has 5 heteroatoms. The Morgan fingerprint density at radius 1 is 1.12 bits per heavy atom. The first-order chi connectivity index (χ1) is 11.1. The summed E-state index contributed by atoms with van der Waals surface area (Å²) in [5.41, 5.74) is 2.71. The van der Waals surface area contributed by atoms with Crippen LogP contribution in [0.1, 0.15) is 73.6 Å². The van der Waals surface area contributed by atoms with Crippen molar-refractivity contribution < 1.29 is 14.5 Å². The third-order valence-electron chi connectivity index (χ3n) is 4.07. The highest BCUT2D eigenvalue weighted by Crippen LogP contribution is 2.20. The highest BCUT2D eigenvalue weighted by molar-refractivity contribution is 5.66. The lowest BCUT2D eigenvalue weighted by Gasteiger charge is -2.21. The summed E-state index contributed by atoms with van der Waals surface area (Å²) in [6, 6.07) is -0.877. The van der Waals surface area contributed by atoms with Gasteiger partial charge in [0.2, 0.25) is 6.04 Å². The third kappa shape index (κ3) is 11.0. The molecule has 3 atom stereocenters. The second-order valence-electron chi connectivity index (χ2n) is 6.96. The number of allylic oxidation sites excluding steroid dienone is 4. The molecule has 0 radical (unpaired) electrons. The van der Waals surface area contributed by atoms with Gasteiger partial charge in [0.15, 0.2) is 6.10 Å². The number of ether oxygens (including phenoxy) is 1. The molecule has 0 fully saturated rings. The summed E-state index contributed by atoms with van der Waals surface area (Å²) in [5, 5.41) is 11.0. The van der Waals surface area contributed by atoms with E-state index in [1.807, 2.05) is 0 Å². The van der Waals surface area contributed by atoms with E-state index in [9.17, 15) is 14.9 Å². The van der Waals surface area contributed by atoms with Gasteiger partial charge in [0, 0.05) is 18.8 Å². The van der Waals surface area contributed by atoms with Gasteiger partial charge in [-0.25, -0.2) is 0 Å². The van der Waals surface area contributed by atoms with Crippen LogP contribution in [0.25, 0.3) is 0 Å². The molecule has 0 aliphatic heterocycles. The van der Waals surface area contributed by atoms with Gasteiger partial charge in [-0.05, 0) is 58.8 Å². The van der Waals surface area contributed by atoms with Crippen LogP contribution in [0.5, 0.6) is 0 Å². The smallest absolute Gasteiger partial charge is 0.303 e. The van der Waals surface area contributed by atoms with Crippen molar-refractivity contribution in [2.24, 2.45) is 5.92 Å². The number of carbonyl (C=O) groups is 1. The maximum atomic E-state index is 11.2. The van der Waals surface area contributed by atoms with E-state index in [0.29, 0.717) is 6.42 Å². The van der Waals surface area contributed by atoms with Gasteiger partial charge >= 0.3 is 5.97 Å². The Hall–Kier alpha value is -1.65. The summed E-state index contributed by atoms with van der Waals surface area (Å²) in [5.74, 6) is -0.200. The Bertz CT molecular complexity index is 464. The fraction of sp³-hybridized carbons (Fsp3) is 0.737. The zero-order valence-electron chi connectivity index (χ0n) is 16.0. The molecule has 0 saturated heterocycles. The zero-order valence-corrected chi connectivity index (χ0v) is 16.0. The predicted molar refractivity (Wildman–Crippen MR) is 97.4 cm³/mol. The Labute approximate surface area is 146 Å². The maximum Gasteiger partial charge on any atom is 0.303 e. The maximum absolute atomic E-state index is 11.2. The summed E-state index contributed by atoms with van der Waals surface area (Å²) >= 11 is 0. The summed E-state index contributed by atoms with van der Waals surface area (Å²) in [6.45, 7) is 11.2. The van der Waals surface area contributed by atoms with Crippen molar-refractivity contribution in [3.8, 4) is 0 Å². The Morgan fingerprint density at radius 2 is 1.75 bits per heavy atom. The predicted octanol–water partition coefficient (Wildman–Crippen LogP) is 5.08. The molecule has 0 amide bonds. The van der Waals surface area contributed by atoms with E-state index in [2.05, 4.69) is 39.8 Å². The topological polar surface area (TPSA) is 69.4 Å². The van der Waals surface area contributed by atoms with E-state index < -0.39 is 18.1 Å². The average molecular weight is 339 g/mol. The lowest BCUT2D eigenvalue weighted by molar-refractivity contribution is -0.529. The normalized spacial score (nSPS) is 15.3. The Kier molecular flexibility index (Phi) is 11.0. The fourth-order valence-electron chi connectivity index (χ4n) is 2.51. The van der Waals surface area contributed by atoms with Crippen LogP contribution in [0.2, 0.25) is 0 Å². The lowest BCUT2D eigenvalue weighted by Crippen LogP contribution is -2.35. The van der Waals surface area contributed by atoms with Crippen molar-refractivity contribution in [3.63, 3.8) is 0 Å². The zero-order chi connectivity index (χ0) is 18.7. The van der Waals surface area contributed by atoms with E-state index in [1.165, 1.54) is 25.0 Å². The van der Waals surface area contributed by atoms with Gasteiger partial charge in [0.25, 0.3) is 0 Å². The van der Waals surface area contributed by atoms with Crippen LogP contribution in [-0.2, 0) is 9.53 Å². The van der Waals surface area contributed by atoms with Gasteiger partial charge in [0.1, 0.15) is 0 Å². The monoisotopic (exact) mass is 339 g/mol. The van der Waals surface area contributed by atoms with Crippen LogP contribution in [0.4, 0.5) is 0 Å². The molecule has 0 aromatic carbocycles. The molecular weight excluding hydrogens is 306 g/mol. The second kappa shape index (κ2) is 11.8. The molecule has 0 heterocycles. The second-order valence-corrected chi connectivity index (χ2v) is 6.96. The molecule has 138 valence electrons. The van der Waals surface area contributed by atoms with E-state index >= 15 is 0 Å². The Balaban J connectivity index is 4.37. The first-order valence-corrected chi connectivity index (χ1v) is 8.73. The fourth-order valence-corrected chi connectivity index (χ4v) is 2.51. The third-order valence-corrected chi connectivity index (χ3v) is 4.07. The summed E-state index contributed by atoms with van der Waals surface area (Å²) in [4.78, 5) is 21.7. The summed E-state index contributed by atoms with van der Waals surface area (Å²) in [7, 11) is 0. The minimum Gasteiger partial charge on any atom is -0.455 e. The molecule has 0 bridgehead atoms. The van der Waals surface area contributed by atoms with Gasteiger partial charge in [-0.2, -0.15) is 0 Å². The minimum atomic E-state index is -0.877. The standard InChI is InChI=1S/C19H33NO4/c1-14(2)9-7-10-15(3)11-8-12-16(4)13-19(24-18(6)21)17(5)20(22)23/h9,11,16-17,19H,7-8,10,12-13H2,1-6H3/b15-11+. The number of esters is 1.